The lowest BCUT2D eigenvalue weighted by atomic mass is 10.0. The molecule has 2 amide bonds. The van der Waals surface area contributed by atoms with Crippen LogP contribution in [-0.2, 0) is 14.4 Å². The number of nitrogens with zero attached hydrogens (tertiary/aromatic N) is 1. The number of nitrogens with two attached hydrogens (primary N) is 2. The first-order chi connectivity index (χ1) is 9.38. The molecule has 1 aliphatic heterocycles. The van der Waals surface area contributed by atoms with Gasteiger partial charge in [0.2, 0.25) is 11.8 Å². The molecule has 0 aromatic rings. The standard InChI is InChI=1S/C12H22N4O4/c13-9(1-2-11(18)19)12(20)15-8-3-5-16(6-4-8)7-10(14)17/h8-9H,1-7,13H2,(H2,14,17)(H,15,20)(H,18,19). The predicted molar refractivity (Wildman–Crippen MR) is 71.6 cm³/mol. The van der Waals surface area contributed by atoms with Crippen molar-refractivity contribution in [3.8, 4) is 0 Å². The highest BCUT2D eigenvalue weighted by Gasteiger charge is 2.23. The van der Waals surface area contributed by atoms with Crippen LogP contribution in [0.2, 0.25) is 0 Å². The summed E-state index contributed by atoms with van der Waals surface area (Å²) in [6, 6.07) is -0.780. The minimum atomic E-state index is -0.965. The van der Waals surface area contributed by atoms with Gasteiger partial charge < -0.3 is 21.9 Å². The summed E-state index contributed by atoms with van der Waals surface area (Å²) >= 11 is 0. The lowest BCUT2D eigenvalue weighted by Gasteiger charge is -2.31. The second-order valence-corrected chi connectivity index (χ2v) is 5.06. The van der Waals surface area contributed by atoms with E-state index in [1.807, 2.05) is 4.90 Å². The first kappa shape index (κ1) is 16.4. The maximum absolute atomic E-state index is 11.8. The van der Waals surface area contributed by atoms with E-state index in [4.69, 9.17) is 16.6 Å². The Morgan fingerprint density at radius 2 is 1.90 bits per heavy atom. The van der Waals surface area contributed by atoms with E-state index in [0.717, 1.165) is 12.8 Å². The number of primary amides is 1. The van der Waals surface area contributed by atoms with Gasteiger partial charge in [-0.05, 0) is 19.3 Å². The molecule has 1 rings (SSSR count). The quantitative estimate of drug-likeness (QED) is 0.437. The van der Waals surface area contributed by atoms with Gasteiger partial charge in [0.1, 0.15) is 0 Å². The van der Waals surface area contributed by atoms with Gasteiger partial charge in [-0.3, -0.25) is 19.3 Å². The zero-order valence-corrected chi connectivity index (χ0v) is 11.4. The molecular formula is C12H22N4O4. The van der Waals surface area contributed by atoms with Crippen LogP contribution in [0.25, 0.3) is 0 Å². The first-order valence-electron chi connectivity index (χ1n) is 6.67. The smallest absolute Gasteiger partial charge is 0.303 e. The average Bonchev–Trinajstić information content (AvgIpc) is 2.37. The van der Waals surface area contributed by atoms with Crippen molar-refractivity contribution in [2.45, 2.75) is 37.8 Å². The molecule has 0 aromatic heterocycles. The lowest BCUT2D eigenvalue weighted by molar-refractivity contribution is -0.137. The van der Waals surface area contributed by atoms with Gasteiger partial charge >= 0.3 is 5.97 Å². The van der Waals surface area contributed by atoms with Gasteiger partial charge in [-0.2, -0.15) is 0 Å². The summed E-state index contributed by atoms with van der Waals surface area (Å²) in [4.78, 5) is 34.9. The zero-order chi connectivity index (χ0) is 15.1. The second kappa shape index (κ2) is 7.81. The maximum Gasteiger partial charge on any atom is 0.303 e. The molecule has 1 aliphatic rings. The average molecular weight is 286 g/mol. The molecule has 0 aliphatic carbocycles. The third kappa shape index (κ3) is 5.98. The Labute approximate surface area is 117 Å². The topological polar surface area (TPSA) is 139 Å². The number of rotatable bonds is 7. The van der Waals surface area contributed by atoms with Crippen LogP contribution >= 0.6 is 0 Å². The molecule has 0 radical (unpaired) electrons. The van der Waals surface area contributed by atoms with Gasteiger partial charge in [0.15, 0.2) is 0 Å². The molecule has 20 heavy (non-hydrogen) atoms. The Bertz CT molecular complexity index is 366. The summed E-state index contributed by atoms with van der Waals surface area (Å²) in [5, 5.41) is 11.4. The summed E-state index contributed by atoms with van der Waals surface area (Å²) in [7, 11) is 0. The first-order valence-corrected chi connectivity index (χ1v) is 6.67. The van der Waals surface area contributed by atoms with Crippen LogP contribution in [0.5, 0.6) is 0 Å². The number of aliphatic carboxylic acids is 1. The molecule has 1 atom stereocenters. The third-order valence-corrected chi connectivity index (χ3v) is 3.32. The fourth-order valence-electron chi connectivity index (χ4n) is 2.17. The number of piperidine rings is 1. The molecule has 1 heterocycles. The number of nitrogens with one attached hydrogen (secondary N) is 1. The Morgan fingerprint density at radius 1 is 1.30 bits per heavy atom. The largest absolute Gasteiger partial charge is 0.481 e. The fourth-order valence-corrected chi connectivity index (χ4v) is 2.17. The van der Waals surface area contributed by atoms with E-state index < -0.39 is 12.0 Å². The van der Waals surface area contributed by atoms with E-state index in [2.05, 4.69) is 5.32 Å². The SMILES string of the molecule is NC(=O)CN1CCC(NC(=O)C(N)CCC(=O)O)CC1. The molecule has 1 saturated heterocycles. The van der Waals surface area contributed by atoms with E-state index >= 15 is 0 Å². The van der Waals surface area contributed by atoms with Crippen LogP contribution in [0.3, 0.4) is 0 Å². The zero-order valence-electron chi connectivity index (χ0n) is 11.4. The minimum Gasteiger partial charge on any atom is -0.481 e. The van der Waals surface area contributed by atoms with Crippen molar-refractivity contribution in [2.24, 2.45) is 11.5 Å². The van der Waals surface area contributed by atoms with E-state index in [-0.39, 0.29) is 37.2 Å². The van der Waals surface area contributed by atoms with Crippen LogP contribution in [0.1, 0.15) is 25.7 Å². The normalized spacial score (nSPS) is 18.4. The molecule has 0 spiro atoms. The van der Waals surface area contributed by atoms with Crippen LogP contribution in [0.4, 0.5) is 0 Å². The van der Waals surface area contributed by atoms with E-state index in [1.54, 1.807) is 0 Å². The van der Waals surface area contributed by atoms with Crippen molar-refractivity contribution >= 4 is 17.8 Å². The Balaban J connectivity index is 2.27. The molecule has 8 heteroatoms. The van der Waals surface area contributed by atoms with Gasteiger partial charge in [-0.15, -0.1) is 0 Å². The molecule has 8 nitrogen and oxygen atoms in total. The second-order valence-electron chi connectivity index (χ2n) is 5.06. The molecule has 1 unspecified atom stereocenters. The molecule has 0 saturated carbocycles. The molecule has 0 aromatic carbocycles. The number of carbonyl (C=O) groups excluding carboxylic acids is 2. The van der Waals surface area contributed by atoms with Crippen LogP contribution in [0.15, 0.2) is 0 Å². The van der Waals surface area contributed by atoms with Crippen molar-refractivity contribution in [3.63, 3.8) is 0 Å². The van der Waals surface area contributed by atoms with Crippen molar-refractivity contribution in [1.82, 2.24) is 10.2 Å². The monoisotopic (exact) mass is 286 g/mol. The highest BCUT2D eigenvalue weighted by atomic mass is 16.4. The number of hydrogen-bond acceptors (Lipinski definition) is 5. The van der Waals surface area contributed by atoms with Crippen molar-refractivity contribution < 1.29 is 19.5 Å². The van der Waals surface area contributed by atoms with Crippen molar-refractivity contribution in [3.05, 3.63) is 0 Å². The fraction of sp³-hybridized carbons (Fsp3) is 0.750. The molecular weight excluding hydrogens is 264 g/mol. The van der Waals surface area contributed by atoms with Crippen molar-refractivity contribution in [2.75, 3.05) is 19.6 Å². The number of amides is 2. The van der Waals surface area contributed by atoms with E-state index in [1.165, 1.54) is 0 Å². The van der Waals surface area contributed by atoms with Crippen LogP contribution in [0, 0.1) is 0 Å². The summed E-state index contributed by atoms with van der Waals surface area (Å²) in [6.07, 6.45) is 1.46. The Hall–Kier alpha value is -1.67. The van der Waals surface area contributed by atoms with E-state index in [0.29, 0.717) is 13.1 Å². The summed E-state index contributed by atoms with van der Waals surface area (Å²) in [5.41, 5.74) is 10.8. The summed E-state index contributed by atoms with van der Waals surface area (Å²) in [6.45, 7) is 1.62. The van der Waals surface area contributed by atoms with Gasteiger partial charge in [0.05, 0.1) is 12.6 Å². The third-order valence-electron chi connectivity index (χ3n) is 3.32. The number of likely N-dealkylation sites (tertiary alicyclic amines) is 1. The molecule has 6 N–H and O–H groups in total. The maximum atomic E-state index is 11.8. The van der Waals surface area contributed by atoms with Crippen LogP contribution in [-0.4, -0.2) is 59.5 Å². The predicted octanol–water partition coefficient (Wildman–Crippen LogP) is -1.76. The highest BCUT2D eigenvalue weighted by molar-refractivity contribution is 5.82. The van der Waals surface area contributed by atoms with Crippen molar-refractivity contribution in [1.29, 1.82) is 0 Å². The Kier molecular flexibility index (Phi) is 6.40. The van der Waals surface area contributed by atoms with E-state index in [9.17, 15) is 14.4 Å². The number of carboxylic acids is 1. The highest BCUT2D eigenvalue weighted by Crippen LogP contribution is 2.10. The van der Waals surface area contributed by atoms with Gasteiger partial charge in [0.25, 0.3) is 0 Å². The number of carbonyl (C=O) groups is 3. The summed E-state index contributed by atoms with van der Waals surface area (Å²) < 4.78 is 0. The summed E-state index contributed by atoms with van der Waals surface area (Å²) in [5.74, 6) is -1.64. The van der Waals surface area contributed by atoms with Gasteiger partial charge in [-0.25, -0.2) is 0 Å². The molecule has 114 valence electrons. The minimum absolute atomic E-state index is 0.0162. The Morgan fingerprint density at radius 3 is 2.40 bits per heavy atom. The molecule has 1 fully saturated rings. The van der Waals surface area contributed by atoms with Gasteiger partial charge in [-0.1, -0.05) is 0 Å². The van der Waals surface area contributed by atoms with Gasteiger partial charge in [0, 0.05) is 25.6 Å². The number of carboxylic acid groups (broad SMARTS) is 1. The number of hydrogen-bond donors (Lipinski definition) is 4. The van der Waals surface area contributed by atoms with Crippen LogP contribution < -0.4 is 16.8 Å². The lowest BCUT2D eigenvalue weighted by Crippen LogP contribution is -2.50. The molecule has 0 bridgehead atoms.